The molecule has 0 aliphatic carbocycles. The Kier molecular flexibility index (Phi) is 3.62. The van der Waals surface area contributed by atoms with Crippen LogP contribution in [0.25, 0.3) is 21.0 Å². The van der Waals surface area contributed by atoms with E-state index in [0.29, 0.717) is 10.6 Å². The first-order valence-electron chi connectivity index (χ1n) is 7.59. The molecule has 0 atom stereocenters. The first kappa shape index (κ1) is 15.3. The Morgan fingerprint density at radius 3 is 2.42 bits per heavy atom. The van der Waals surface area contributed by atoms with Gasteiger partial charge in [-0.05, 0) is 30.5 Å². The molecule has 3 nitrogen and oxygen atoms in total. The fraction of sp³-hybridized carbons (Fsp3) is 0.105. The minimum atomic E-state index is -3.43. The van der Waals surface area contributed by atoms with Gasteiger partial charge in [0.05, 0.1) is 26.6 Å². The van der Waals surface area contributed by atoms with Crippen molar-refractivity contribution in [3.63, 3.8) is 0 Å². The third-order valence-corrected chi connectivity index (χ3v) is 6.67. The molecule has 2 heterocycles. The van der Waals surface area contributed by atoms with Crippen LogP contribution in [-0.4, -0.2) is 13.4 Å². The summed E-state index contributed by atoms with van der Waals surface area (Å²) in [6.45, 7) is 1.94. The van der Waals surface area contributed by atoms with E-state index in [1.165, 1.54) is 0 Å². The lowest BCUT2D eigenvalue weighted by atomic mass is 10.1. The second-order valence-electron chi connectivity index (χ2n) is 5.81. The zero-order chi connectivity index (χ0) is 16.7. The lowest BCUT2D eigenvalue weighted by Gasteiger charge is -2.09. The highest BCUT2D eigenvalue weighted by molar-refractivity contribution is 7.90. The molecule has 0 saturated heterocycles. The molecular formula is C19H15NO2S2. The number of rotatable bonds is 3. The van der Waals surface area contributed by atoms with Gasteiger partial charge in [0.2, 0.25) is 0 Å². The number of hydrogen-bond acceptors (Lipinski definition) is 4. The first-order valence-corrected chi connectivity index (χ1v) is 10.1. The Bertz CT molecular complexity index is 1140. The van der Waals surface area contributed by atoms with E-state index < -0.39 is 9.84 Å². The van der Waals surface area contributed by atoms with Crippen LogP contribution in [0, 0.1) is 6.92 Å². The number of pyridine rings is 1. The smallest absolute Gasteiger partial charge is 0.184 e. The highest BCUT2D eigenvalue weighted by Crippen LogP contribution is 2.31. The first-order chi connectivity index (χ1) is 11.5. The van der Waals surface area contributed by atoms with Crippen molar-refractivity contribution in [3.05, 3.63) is 71.2 Å². The quantitative estimate of drug-likeness (QED) is 0.535. The maximum atomic E-state index is 12.8. The lowest BCUT2D eigenvalue weighted by Crippen LogP contribution is -2.07. The summed E-state index contributed by atoms with van der Waals surface area (Å²) in [5.74, 6) is -0.0949. The molecule has 24 heavy (non-hydrogen) atoms. The Balaban J connectivity index is 1.88. The highest BCUT2D eigenvalue weighted by Gasteiger charge is 2.19. The largest absolute Gasteiger partial charge is 0.250 e. The Morgan fingerprint density at radius 1 is 0.958 bits per heavy atom. The molecule has 0 amide bonds. The van der Waals surface area contributed by atoms with Gasteiger partial charge in [-0.2, -0.15) is 0 Å². The maximum absolute atomic E-state index is 12.8. The van der Waals surface area contributed by atoms with Crippen molar-refractivity contribution in [2.45, 2.75) is 17.6 Å². The van der Waals surface area contributed by atoms with Crippen molar-refractivity contribution in [1.29, 1.82) is 0 Å². The minimum Gasteiger partial charge on any atom is -0.250 e. The van der Waals surface area contributed by atoms with E-state index in [-0.39, 0.29) is 5.75 Å². The molecule has 4 aromatic rings. The molecule has 0 bridgehead atoms. The molecule has 0 fully saturated rings. The molecule has 2 aromatic heterocycles. The van der Waals surface area contributed by atoms with Crippen molar-refractivity contribution in [1.82, 2.24) is 4.98 Å². The number of benzene rings is 2. The van der Waals surface area contributed by atoms with E-state index in [9.17, 15) is 8.42 Å². The average Bonchev–Trinajstić information content (AvgIpc) is 3.04. The van der Waals surface area contributed by atoms with Crippen molar-refractivity contribution in [3.8, 4) is 0 Å². The number of sulfone groups is 1. The minimum absolute atomic E-state index is 0.0949. The topological polar surface area (TPSA) is 47.0 Å². The molecule has 120 valence electrons. The van der Waals surface area contributed by atoms with Crippen LogP contribution in [0.3, 0.4) is 0 Å². The van der Waals surface area contributed by atoms with Gasteiger partial charge in [-0.3, -0.25) is 4.98 Å². The molecule has 0 spiro atoms. The van der Waals surface area contributed by atoms with Gasteiger partial charge < -0.3 is 0 Å². The second kappa shape index (κ2) is 5.69. The molecule has 0 radical (unpaired) electrons. The normalized spacial score (nSPS) is 12.0. The molecule has 0 unspecified atom stereocenters. The molecule has 4 rings (SSSR count). The Morgan fingerprint density at radius 2 is 1.67 bits per heavy atom. The number of aryl methyl sites for hydroxylation is 1. The number of nitrogens with zero attached hydrogens (tertiary/aromatic N) is 1. The van der Waals surface area contributed by atoms with Gasteiger partial charge in [-0.25, -0.2) is 8.42 Å². The van der Waals surface area contributed by atoms with Crippen LogP contribution in [0.4, 0.5) is 0 Å². The predicted molar refractivity (Wildman–Crippen MR) is 99.2 cm³/mol. The number of aromatic nitrogens is 1. The van der Waals surface area contributed by atoms with Gasteiger partial charge in [-0.1, -0.05) is 42.0 Å². The summed E-state index contributed by atoms with van der Waals surface area (Å²) < 4.78 is 26.7. The third-order valence-electron chi connectivity index (χ3n) is 4.09. The van der Waals surface area contributed by atoms with E-state index >= 15 is 0 Å². The predicted octanol–water partition coefficient (Wildman–Crippen LogP) is 4.73. The van der Waals surface area contributed by atoms with Crippen molar-refractivity contribution in [2.24, 2.45) is 0 Å². The monoisotopic (exact) mass is 353 g/mol. The van der Waals surface area contributed by atoms with Gasteiger partial charge in [0, 0.05) is 10.8 Å². The van der Waals surface area contributed by atoms with E-state index in [1.807, 2.05) is 54.8 Å². The summed E-state index contributed by atoms with van der Waals surface area (Å²) in [7, 11) is -3.43. The summed E-state index contributed by atoms with van der Waals surface area (Å²) in [5.41, 5.74) is 2.50. The number of thiophene rings is 1. The van der Waals surface area contributed by atoms with Gasteiger partial charge in [-0.15, -0.1) is 11.3 Å². The zero-order valence-electron chi connectivity index (χ0n) is 13.1. The average molecular weight is 353 g/mol. The third kappa shape index (κ3) is 2.60. The summed E-state index contributed by atoms with van der Waals surface area (Å²) >= 11 is 1.63. The van der Waals surface area contributed by atoms with Crippen LogP contribution in [0.2, 0.25) is 0 Å². The SMILES string of the molecule is Cc1ccc(S(=O)(=O)Cc2nc3ccsc3c3ccccc23)cc1. The second-order valence-corrected chi connectivity index (χ2v) is 8.72. The van der Waals surface area contributed by atoms with Gasteiger partial charge in [0.25, 0.3) is 0 Å². The summed E-state index contributed by atoms with van der Waals surface area (Å²) in [6, 6.07) is 16.8. The van der Waals surface area contributed by atoms with Gasteiger partial charge >= 0.3 is 0 Å². The molecular weight excluding hydrogens is 338 g/mol. The van der Waals surface area contributed by atoms with Crippen LogP contribution in [0.15, 0.2) is 64.9 Å². The number of hydrogen-bond donors (Lipinski definition) is 0. The molecule has 0 aliphatic heterocycles. The molecule has 0 aliphatic rings. The van der Waals surface area contributed by atoms with Crippen LogP contribution in [0.5, 0.6) is 0 Å². The van der Waals surface area contributed by atoms with E-state index in [2.05, 4.69) is 4.98 Å². The van der Waals surface area contributed by atoms with E-state index in [0.717, 1.165) is 26.6 Å². The standard InChI is InChI=1S/C19H15NO2S2/c1-13-6-8-14(9-7-13)24(21,22)12-18-15-4-2-3-5-16(15)19-17(20-18)10-11-23-19/h2-11H,12H2,1H3. The Hall–Kier alpha value is -2.24. The van der Waals surface area contributed by atoms with Crippen LogP contribution in [0.1, 0.15) is 11.3 Å². The van der Waals surface area contributed by atoms with E-state index in [4.69, 9.17) is 0 Å². The molecule has 0 saturated carbocycles. The van der Waals surface area contributed by atoms with Crippen molar-refractivity contribution < 1.29 is 8.42 Å². The lowest BCUT2D eigenvalue weighted by molar-refractivity contribution is 0.595. The highest BCUT2D eigenvalue weighted by atomic mass is 32.2. The molecule has 2 aromatic carbocycles. The zero-order valence-corrected chi connectivity index (χ0v) is 14.7. The van der Waals surface area contributed by atoms with Crippen molar-refractivity contribution in [2.75, 3.05) is 0 Å². The van der Waals surface area contributed by atoms with Crippen LogP contribution < -0.4 is 0 Å². The summed E-state index contributed by atoms with van der Waals surface area (Å²) in [6.07, 6.45) is 0. The maximum Gasteiger partial charge on any atom is 0.184 e. The van der Waals surface area contributed by atoms with E-state index in [1.54, 1.807) is 23.5 Å². The molecule has 0 N–H and O–H groups in total. The molecule has 5 heteroatoms. The summed E-state index contributed by atoms with van der Waals surface area (Å²) in [4.78, 5) is 4.96. The summed E-state index contributed by atoms with van der Waals surface area (Å²) in [5, 5.41) is 3.96. The van der Waals surface area contributed by atoms with Gasteiger partial charge in [0.15, 0.2) is 9.84 Å². The van der Waals surface area contributed by atoms with Crippen LogP contribution >= 0.6 is 11.3 Å². The number of fused-ring (bicyclic) bond motifs is 3. The van der Waals surface area contributed by atoms with Crippen molar-refractivity contribution >= 4 is 42.2 Å². The fourth-order valence-electron chi connectivity index (χ4n) is 2.85. The van der Waals surface area contributed by atoms with Gasteiger partial charge in [0.1, 0.15) is 0 Å². The fourth-order valence-corrected chi connectivity index (χ4v) is 5.02. The van der Waals surface area contributed by atoms with Crippen LogP contribution in [-0.2, 0) is 15.6 Å². The Labute approximate surface area is 144 Å².